The highest BCUT2D eigenvalue weighted by molar-refractivity contribution is 5.79. The molecule has 0 radical (unpaired) electrons. The van der Waals surface area contributed by atoms with Gasteiger partial charge in [0.25, 0.3) is 5.56 Å². The third kappa shape index (κ3) is 2.95. The summed E-state index contributed by atoms with van der Waals surface area (Å²) in [5, 5.41) is 7.22. The van der Waals surface area contributed by atoms with Gasteiger partial charge < -0.3 is 9.88 Å². The largest absolute Gasteiger partial charge is 0.353 e. The van der Waals surface area contributed by atoms with E-state index in [0.29, 0.717) is 13.1 Å². The van der Waals surface area contributed by atoms with E-state index in [9.17, 15) is 9.59 Å². The van der Waals surface area contributed by atoms with Gasteiger partial charge in [0.05, 0.1) is 5.69 Å². The molecule has 2 aromatic heterocycles. The molecule has 3 rings (SSSR count). The monoisotopic (exact) mass is 300 g/mol. The van der Waals surface area contributed by atoms with Crippen molar-refractivity contribution in [1.29, 1.82) is 0 Å². The van der Waals surface area contributed by atoms with Crippen LogP contribution in [0, 0.1) is 0 Å². The number of carbonyl (C=O) groups is 1. The Labute approximate surface area is 128 Å². The van der Waals surface area contributed by atoms with Crippen LogP contribution < -0.4 is 10.9 Å². The van der Waals surface area contributed by atoms with Crippen LogP contribution in [0.5, 0.6) is 0 Å². The van der Waals surface area contributed by atoms with Crippen molar-refractivity contribution in [1.82, 2.24) is 19.7 Å². The first-order valence-corrected chi connectivity index (χ1v) is 7.65. The summed E-state index contributed by atoms with van der Waals surface area (Å²) in [5.41, 5.74) is 1.78. The maximum absolute atomic E-state index is 12.2. The molecule has 1 N–H and O–H groups in total. The summed E-state index contributed by atoms with van der Waals surface area (Å²) in [6.45, 7) is 2.94. The summed E-state index contributed by atoms with van der Waals surface area (Å²) in [7, 11) is 0. The molecule has 2 heterocycles. The van der Waals surface area contributed by atoms with Crippen LogP contribution >= 0.6 is 0 Å². The van der Waals surface area contributed by atoms with Crippen LogP contribution in [-0.4, -0.2) is 26.8 Å². The molecule has 6 heteroatoms. The fourth-order valence-corrected chi connectivity index (χ4v) is 2.78. The van der Waals surface area contributed by atoms with Crippen molar-refractivity contribution in [2.24, 2.45) is 0 Å². The van der Waals surface area contributed by atoms with Crippen molar-refractivity contribution in [3.05, 3.63) is 52.2 Å². The fourth-order valence-electron chi connectivity index (χ4n) is 2.78. The van der Waals surface area contributed by atoms with Gasteiger partial charge in [-0.05, 0) is 43.9 Å². The highest BCUT2D eigenvalue weighted by Gasteiger charge is 2.21. The standard InChI is InChI=1S/C16H20N4O2/c1-12(16(22)17-7-10-19-8-2-3-9-19)20-15(21)11-13-5-4-6-14(13)18-20/h2-3,8-9,11-12H,4-7,10H2,1H3,(H,17,22). The van der Waals surface area contributed by atoms with Crippen molar-refractivity contribution in [2.75, 3.05) is 6.54 Å². The Bertz CT molecular complexity index is 718. The van der Waals surface area contributed by atoms with Crippen LogP contribution in [0.1, 0.15) is 30.6 Å². The van der Waals surface area contributed by atoms with Gasteiger partial charge in [-0.1, -0.05) is 0 Å². The SMILES string of the molecule is CC(C(=O)NCCn1cccc1)n1nc2c(cc1=O)CCC2. The number of hydrogen-bond acceptors (Lipinski definition) is 3. The molecule has 0 fully saturated rings. The van der Waals surface area contributed by atoms with Gasteiger partial charge >= 0.3 is 0 Å². The van der Waals surface area contributed by atoms with Crippen LogP contribution in [0.15, 0.2) is 35.4 Å². The second-order valence-corrected chi connectivity index (χ2v) is 5.64. The molecule has 0 aromatic carbocycles. The Morgan fingerprint density at radius 3 is 2.91 bits per heavy atom. The van der Waals surface area contributed by atoms with Crippen molar-refractivity contribution in [3.8, 4) is 0 Å². The number of amides is 1. The van der Waals surface area contributed by atoms with Gasteiger partial charge in [0.2, 0.25) is 5.91 Å². The Hall–Kier alpha value is -2.37. The molecule has 0 saturated carbocycles. The Morgan fingerprint density at radius 1 is 1.36 bits per heavy atom. The first-order chi connectivity index (χ1) is 10.6. The number of aromatic nitrogens is 3. The van der Waals surface area contributed by atoms with E-state index in [0.717, 1.165) is 30.5 Å². The first-order valence-electron chi connectivity index (χ1n) is 7.65. The molecule has 1 atom stereocenters. The molecule has 116 valence electrons. The molecule has 0 spiro atoms. The predicted octanol–water partition coefficient (Wildman–Crippen LogP) is 0.911. The molecule has 1 amide bonds. The topological polar surface area (TPSA) is 68.9 Å². The van der Waals surface area contributed by atoms with Crippen molar-refractivity contribution in [3.63, 3.8) is 0 Å². The minimum atomic E-state index is -0.594. The highest BCUT2D eigenvalue weighted by Crippen LogP contribution is 2.17. The van der Waals surface area contributed by atoms with Crippen LogP contribution in [0.25, 0.3) is 0 Å². The van der Waals surface area contributed by atoms with Crippen LogP contribution in [0.3, 0.4) is 0 Å². The predicted molar refractivity (Wildman–Crippen MR) is 82.7 cm³/mol. The Kier molecular flexibility index (Phi) is 4.09. The van der Waals surface area contributed by atoms with Gasteiger partial charge in [-0.3, -0.25) is 9.59 Å². The van der Waals surface area contributed by atoms with E-state index in [4.69, 9.17) is 0 Å². The third-order valence-electron chi connectivity index (χ3n) is 4.06. The zero-order chi connectivity index (χ0) is 15.5. The molecule has 6 nitrogen and oxygen atoms in total. The van der Waals surface area contributed by atoms with Gasteiger partial charge in [-0.2, -0.15) is 5.10 Å². The molecule has 1 aliphatic rings. The van der Waals surface area contributed by atoms with E-state index in [-0.39, 0.29) is 11.5 Å². The molecule has 0 saturated heterocycles. The van der Waals surface area contributed by atoms with E-state index in [1.165, 1.54) is 4.68 Å². The second-order valence-electron chi connectivity index (χ2n) is 5.64. The van der Waals surface area contributed by atoms with Gasteiger partial charge in [0, 0.05) is 31.5 Å². The quantitative estimate of drug-likeness (QED) is 0.892. The van der Waals surface area contributed by atoms with E-state index >= 15 is 0 Å². The van der Waals surface area contributed by atoms with Crippen molar-refractivity contribution in [2.45, 2.75) is 38.8 Å². The van der Waals surface area contributed by atoms with E-state index in [1.807, 2.05) is 29.1 Å². The second kappa shape index (κ2) is 6.17. The lowest BCUT2D eigenvalue weighted by atomic mass is 10.2. The average molecular weight is 300 g/mol. The summed E-state index contributed by atoms with van der Waals surface area (Å²) in [4.78, 5) is 24.3. The molecule has 0 bridgehead atoms. The van der Waals surface area contributed by atoms with Gasteiger partial charge in [-0.15, -0.1) is 0 Å². The van der Waals surface area contributed by atoms with Crippen molar-refractivity contribution < 1.29 is 4.79 Å². The lowest BCUT2D eigenvalue weighted by molar-refractivity contribution is -0.124. The Balaban J connectivity index is 1.64. The number of aryl methyl sites for hydroxylation is 2. The van der Waals surface area contributed by atoms with Crippen LogP contribution in [0.4, 0.5) is 0 Å². The van der Waals surface area contributed by atoms with Gasteiger partial charge in [0.1, 0.15) is 6.04 Å². The molecule has 1 aliphatic carbocycles. The first kappa shape index (κ1) is 14.6. The number of fused-ring (bicyclic) bond motifs is 1. The zero-order valence-corrected chi connectivity index (χ0v) is 12.7. The number of rotatable bonds is 5. The third-order valence-corrected chi connectivity index (χ3v) is 4.06. The lowest BCUT2D eigenvalue weighted by Crippen LogP contribution is -2.38. The lowest BCUT2D eigenvalue weighted by Gasteiger charge is -2.15. The van der Waals surface area contributed by atoms with Crippen molar-refractivity contribution >= 4 is 5.91 Å². The molecular weight excluding hydrogens is 280 g/mol. The highest BCUT2D eigenvalue weighted by atomic mass is 16.2. The molecule has 2 aromatic rings. The van der Waals surface area contributed by atoms with Crippen LogP contribution in [0.2, 0.25) is 0 Å². The number of hydrogen-bond donors (Lipinski definition) is 1. The number of nitrogens with zero attached hydrogens (tertiary/aromatic N) is 3. The maximum atomic E-state index is 12.2. The summed E-state index contributed by atoms with van der Waals surface area (Å²) >= 11 is 0. The smallest absolute Gasteiger partial charge is 0.267 e. The molecular formula is C16H20N4O2. The molecule has 22 heavy (non-hydrogen) atoms. The summed E-state index contributed by atoms with van der Waals surface area (Å²) in [5.74, 6) is -0.181. The normalized spacial score (nSPS) is 14.6. The minimum Gasteiger partial charge on any atom is -0.353 e. The molecule has 1 unspecified atom stereocenters. The Morgan fingerprint density at radius 2 is 2.14 bits per heavy atom. The van der Waals surface area contributed by atoms with Gasteiger partial charge in [-0.25, -0.2) is 4.68 Å². The minimum absolute atomic E-state index is 0.181. The van der Waals surface area contributed by atoms with Gasteiger partial charge in [0.15, 0.2) is 0 Å². The summed E-state index contributed by atoms with van der Waals surface area (Å²) < 4.78 is 3.29. The maximum Gasteiger partial charge on any atom is 0.267 e. The molecule has 0 aliphatic heterocycles. The van der Waals surface area contributed by atoms with E-state index in [1.54, 1.807) is 13.0 Å². The van der Waals surface area contributed by atoms with Crippen LogP contribution in [-0.2, 0) is 24.2 Å². The summed E-state index contributed by atoms with van der Waals surface area (Å²) in [6.07, 6.45) is 6.72. The summed E-state index contributed by atoms with van der Waals surface area (Å²) in [6, 6.07) is 4.92. The zero-order valence-electron chi connectivity index (χ0n) is 12.7. The number of carbonyl (C=O) groups excluding carboxylic acids is 1. The average Bonchev–Trinajstić information content (AvgIpc) is 3.16. The van der Waals surface area contributed by atoms with E-state index < -0.39 is 6.04 Å². The number of nitrogens with one attached hydrogen (secondary N) is 1. The van der Waals surface area contributed by atoms with E-state index in [2.05, 4.69) is 10.4 Å². The fraction of sp³-hybridized carbons (Fsp3) is 0.438.